The maximum absolute atomic E-state index is 11.7. The second kappa shape index (κ2) is 5.77. The number of nitrogens with zero attached hydrogens (tertiary/aromatic N) is 4. The summed E-state index contributed by atoms with van der Waals surface area (Å²) in [5, 5.41) is 4.78. The minimum absolute atomic E-state index is 0.0154. The summed E-state index contributed by atoms with van der Waals surface area (Å²) in [7, 11) is 0. The van der Waals surface area contributed by atoms with E-state index in [0.717, 1.165) is 16.9 Å². The van der Waals surface area contributed by atoms with E-state index in [9.17, 15) is 4.79 Å². The Morgan fingerprint density at radius 3 is 2.91 bits per heavy atom. The zero-order valence-electron chi connectivity index (χ0n) is 12.3. The lowest BCUT2D eigenvalue weighted by atomic mass is 10.1. The summed E-state index contributed by atoms with van der Waals surface area (Å²) in [5.41, 5.74) is 3.29. The topological polar surface area (TPSA) is 50.5 Å². The molecule has 0 spiro atoms. The summed E-state index contributed by atoms with van der Waals surface area (Å²) in [6.07, 6.45) is 3.28. The third kappa shape index (κ3) is 2.44. The first-order valence-corrected chi connectivity index (χ1v) is 7.36. The minimum Gasteiger partial charge on any atom is -0.313 e. The fraction of sp³-hybridized carbons (Fsp3) is 0.188. The Morgan fingerprint density at radius 1 is 1.36 bits per heavy atom. The van der Waals surface area contributed by atoms with Crippen molar-refractivity contribution in [2.75, 3.05) is 11.4 Å². The lowest BCUT2D eigenvalue weighted by Gasteiger charge is -2.19. The molecule has 0 bridgehead atoms. The van der Waals surface area contributed by atoms with Crippen LogP contribution in [-0.2, 0) is 4.79 Å². The highest BCUT2D eigenvalue weighted by atomic mass is 35.5. The molecule has 0 atom stereocenters. The van der Waals surface area contributed by atoms with Crippen molar-refractivity contribution in [2.45, 2.75) is 13.8 Å². The Hall–Kier alpha value is -2.40. The third-order valence-corrected chi connectivity index (χ3v) is 3.77. The quantitative estimate of drug-likeness (QED) is 0.744. The molecule has 0 saturated carbocycles. The first-order chi connectivity index (χ1) is 10.6. The molecule has 0 aliphatic carbocycles. The van der Waals surface area contributed by atoms with Crippen LogP contribution in [0.2, 0.25) is 5.02 Å². The molecule has 2 aromatic heterocycles. The predicted molar refractivity (Wildman–Crippen MR) is 87.1 cm³/mol. The number of hydrogen-bond acceptors (Lipinski definition) is 3. The van der Waals surface area contributed by atoms with Crippen LogP contribution in [0.3, 0.4) is 0 Å². The molecular weight excluding hydrogens is 300 g/mol. The van der Waals surface area contributed by atoms with Crippen LogP contribution in [0.25, 0.3) is 16.9 Å². The van der Waals surface area contributed by atoms with E-state index in [-0.39, 0.29) is 5.91 Å². The molecule has 0 aliphatic rings. The smallest absolute Gasteiger partial charge is 0.223 e. The molecule has 0 saturated heterocycles. The van der Waals surface area contributed by atoms with Crippen LogP contribution in [-0.4, -0.2) is 27.0 Å². The van der Waals surface area contributed by atoms with Gasteiger partial charge in [-0.25, -0.2) is 9.50 Å². The van der Waals surface area contributed by atoms with Gasteiger partial charge in [0, 0.05) is 30.9 Å². The second-order valence-electron chi connectivity index (χ2n) is 4.87. The van der Waals surface area contributed by atoms with Crippen LogP contribution >= 0.6 is 11.6 Å². The van der Waals surface area contributed by atoms with Crippen LogP contribution in [0, 0.1) is 0 Å². The average Bonchev–Trinajstić information content (AvgIpc) is 2.90. The Labute approximate surface area is 133 Å². The third-order valence-electron chi connectivity index (χ3n) is 3.51. The lowest BCUT2D eigenvalue weighted by Crippen LogP contribution is -2.27. The summed E-state index contributed by atoms with van der Waals surface area (Å²) >= 11 is 6.08. The van der Waals surface area contributed by atoms with Crippen LogP contribution in [0.1, 0.15) is 13.8 Å². The zero-order chi connectivity index (χ0) is 15.7. The monoisotopic (exact) mass is 314 g/mol. The van der Waals surface area contributed by atoms with Crippen molar-refractivity contribution in [3.8, 4) is 11.3 Å². The molecular formula is C16H15ClN4O. The number of halogens is 1. The van der Waals surface area contributed by atoms with Gasteiger partial charge < -0.3 is 4.90 Å². The van der Waals surface area contributed by atoms with Gasteiger partial charge in [-0.1, -0.05) is 23.7 Å². The molecule has 0 unspecified atom stereocenters. The molecule has 5 nitrogen and oxygen atoms in total. The Balaban J connectivity index is 2.13. The first-order valence-electron chi connectivity index (χ1n) is 6.98. The molecule has 0 N–H and O–H groups in total. The maximum atomic E-state index is 11.7. The summed E-state index contributed by atoms with van der Waals surface area (Å²) in [6.45, 7) is 4.14. The number of benzene rings is 1. The van der Waals surface area contributed by atoms with Gasteiger partial charge in [-0.2, -0.15) is 5.10 Å². The number of carbonyl (C=O) groups excluding carboxylic acids is 1. The number of aromatic nitrogens is 3. The molecule has 2 heterocycles. The summed E-state index contributed by atoms with van der Waals surface area (Å²) < 4.78 is 1.70. The van der Waals surface area contributed by atoms with E-state index >= 15 is 0 Å². The highest BCUT2D eigenvalue weighted by Crippen LogP contribution is 2.26. The van der Waals surface area contributed by atoms with Gasteiger partial charge in [0.25, 0.3) is 0 Å². The van der Waals surface area contributed by atoms with Crippen molar-refractivity contribution in [1.82, 2.24) is 14.6 Å². The number of rotatable bonds is 3. The molecule has 112 valence electrons. The largest absolute Gasteiger partial charge is 0.313 e. The van der Waals surface area contributed by atoms with Crippen LogP contribution in [0.15, 0.2) is 42.7 Å². The summed E-state index contributed by atoms with van der Waals surface area (Å²) in [5.74, 6) is 0.0154. The average molecular weight is 315 g/mol. The Bertz CT molecular complexity index is 843. The number of carbonyl (C=O) groups is 1. The van der Waals surface area contributed by atoms with E-state index in [4.69, 9.17) is 11.6 Å². The predicted octanol–water partition coefficient (Wildman–Crippen LogP) is 3.42. The first kappa shape index (κ1) is 14.5. The van der Waals surface area contributed by atoms with E-state index < -0.39 is 0 Å². The van der Waals surface area contributed by atoms with Crippen molar-refractivity contribution in [2.24, 2.45) is 0 Å². The number of hydrogen-bond donors (Lipinski definition) is 0. The fourth-order valence-electron chi connectivity index (χ4n) is 2.50. The van der Waals surface area contributed by atoms with Gasteiger partial charge in [-0.05, 0) is 25.1 Å². The molecule has 1 aromatic carbocycles. The van der Waals surface area contributed by atoms with Gasteiger partial charge in [0.15, 0.2) is 5.65 Å². The highest BCUT2D eigenvalue weighted by Gasteiger charge is 2.12. The van der Waals surface area contributed by atoms with Crippen molar-refractivity contribution >= 4 is 28.8 Å². The molecule has 0 radical (unpaired) electrons. The molecule has 1 amide bonds. The molecule has 3 rings (SSSR count). The number of anilines is 1. The zero-order valence-corrected chi connectivity index (χ0v) is 13.1. The van der Waals surface area contributed by atoms with Gasteiger partial charge in [-0.3, -0.25) is 4.79 Å². The van der Waals surface area contributed by atoms with Gasteiger partial charge in [-0.15, -0.1) is 0 Å². The Morgan fingerprint density at radius 2 is 2.18 bits per heavy atom. The highest BCUT2D eigenvalue weighted by molar-refractivity contribution is 6.33. The van der Waals surface area contributed by atoms with E-state index in [1.165, 1.54) is 0 Å². The van der Waals surface area contributed by atoms with E-state index in [1.54, 1.807) is 28.7 Å². The van der Waals surface area contributed by atoms with Crippen molar-refractivity contribution in [1.29, 1.82) is 0 Å². The molecule has 6 heteroatoms. The number of fused-ring (bicyclic) bond motifs is 1. The SMILES string of the molecule is CCN(C(C)=O)c1cccc(-c2ccnc3c(Cl)cnn23)c1. The van der Waals surface area contributed by atoms with Crippen molar-refractivity contribution < 1.29 is 4.79 Å². The standard InChI is InChI=1S/C16H15ClN4O/c1-3-20(11(2)22)13-6-4-5-12(9-13)15-7-8-18-16-14(17)10-19-21(15)16/h4-10H,3H2,1-2H3. The van der Waals surface area contributed by atoms with Gasteiger partial charge in [0.2, 0.25) is 5.91 Å². The van der Waals surface area contributed by atoms with Crippen molar-refractivity contribution in [3.63, 3.8) is 0 Å². The van der Waals surface area contributed by atoms with Crippen LogP contribution < -0.4 is 4.90 Å². The van der Waals surface area contributed by atoms with E-state index in [1.807, 2.05) is 37.3 Å². The number of amides is 1. The summed E-state index contributed by atoms with van der Waals surface area (Å²) in [6, 6.07) is 9.66. The lowest BCUT2D eigenvalue weighted by molar-refractivity contribution is -0.116. The van der Waals surface area contributed by atoms with E-state index in [0.29, 0.717) is 17.2 Å². The van der Waals surface area contributed by atoms with Gasteiger partial charge >= 0.3 is 0 Å². The second-order valence-corrected chi connectivity index (χ2v) is 5.28. The van der Waals surface area contributed by atoms with Crippen LogP contribution in [0.5, 0.6) is 0 Å². The van der Waals surface area contributed by atoms with E-state index in [2.05, 4.69) is 10.1 Å². The van der Waals surface area contributed by atoms with Gasteiger partial charge in [0.05, 0.1) is 11.9 Å². The maximum Gasteiger partial charge on any atom is 0.223 e. The molecule has 0 fully saturated rings. The normalized spacial score (nSPS) is 10.9. The van der Waals surface area contributed by atoms with Crippen molar-refractivity contribution in [3.05, 3.63) is 47.7 Å². The summed E-state index contributed by atoms with van der Waals surface area (Å²) in [4.78, 5) is 17.7. The Kier molecular flexibility index (Phi) is 3.81. The fourth-order valence-corrected chi connectivity index (χ4v) is 2.67. The van der Waals surface area contributed by atoms with Crippen LogP contribution in [0.4, 0.5) is 5.69 Å². The molecule has 22 heavy (non-hydrogen) atoms. The van der Waals surface area contributed by atoms with Gasteiger partial charge in [0.1, 0.15) is 5.02 Å². The minimum atomic E-state index is 0.0154. The molecule has 3 aromatic rings. The molecule has 0 aliphatic heterocycles.